The number of aromatic nitrogens is 3. The van der Waals surface area contributed by atoms with Gasteiger partial charge in [-0.3, -0.25) is 14.7 Å². The first-order valence-corrected chi connectivity index (χ1v) is 9.97. The van der Waals surface area contributed by atoms with Gasteiger partial charge in [-0.1, -0.05) is 25.7 Å². The summed E-state index contributed by atoms with van der Waals surface area (Å²) in [7, 11) is 3.59. The van der Waals surface area contributed by atoms with Gasteiger partial charge >= 0.3 is 5.97 Å². The molecule has 2 aromatic heterocycles. The molecule has 0 aliphatic rings. The topological polar surface area (TPSA) is 119 Å². The molecule has 31 heavy (non-hydrogen) atoms. The SMILES string of the molecule is Cc1nc(N)nc2c1c(C#CCOC(=O)CN(C)C)cn2C/C(=C/CO)N=CC(C)C. The Bertz CT molecular complexity index is 1040. The maximum Gasteiger partial charge on any atom is 0.321 e. The predicted octanol–water partition coefficient (Wildman–Crippen LogP) is 1.38. The number of hydrogen-bond acceptors (Lipinski definition) is 8. The number of aliphatic hydroxyl groups excluding tert-OH is 1. The van der Waals surface area contributed by atoms with Crippen molar-refractivity contribution >= 4 is 29.2 Å². The van der Waals surface area contributed by atoms with E-state index >= 15 is 0 Å². The van der Waals surface area contributed by atoms with E-state index in [4.69, 9.17) is 10.5 Å². The number of carbonyl (C=O) groups excluding carboxylic acids is 1. The van der Waals surface area contributed by atoms with Gasteiger partial charge in [-0.15, -0.1) is 0 Å². The van der Waals surface area contributed by atoms with Crippen LogP contribution in [0.3, 0.4) is 0 Å². The highest BCUT2D eigenvalue weighted by Crippen LogP contribution is 2.24. The zero-order valence-electron chi connectivity index (χ0n) is 18.7. The Morgan fingerprint density at radius 1 is 1.42 bits per heavy atom. The molecular weight excluding hydrogens is 396 g/mol. The van der Waals surface area contributed by atoms with Crippen molar-refractivity contribution in [3.63, 3.8) is 0 Å². The minimum atomic E-state index is -0.337. The number of nitrogens with zero attached hydrogens (tertiary/aromatic N) is 5. The fraction of sp³-hybridized carbons (Fsp3) is 0.455. The lowest BCUT2D eigenvalue weighted by Gasteiger charge is -2.07. The van der Waals surface area contributed by atoms with E-state index < -0.39 is 0 Å². The van der Waals surface area contributed by atoms with Crippen molar-refractivity contribution in [2.45, 2.75) is 27.3 Å². The third kappa shape index (κ3) is 7.20. The molecule has 0 aliphatic carbocycles. The average Bonchev–Trinajstić information content (AvgIpc) is 3.00. The molecule has 2 aromatic rings. The summed E-state index contributed by atoms with van der Waals surface area (Å²) in [6.07, 6.45) is 5.32. The lowest BCUT2D eigenvalue weighted by Crippen LogP contribution is -2.23. The number of allylic oxidation sites excluding steroid dienone is 1. The van der Waals surface area contributed by atoms with Crippen LogP contribution in [0.25, 0.3) is 11.0 Å². The average molecular weight is 427 g/mol. The Balaban J connectivity index is 2.36. The quantitative estimate of drug-likeness (QED) is 0.372. The fourth-order valence-corrected chi connectivity index (χ4v) is 2.83. The summed E-state index contributed by atoms with van der Waals surface area (Å²) >= 11 is 0. The number of ether oxygens (including phenoxy) is 1. The number of nitrogens with two attached hydrogens (primary N) is 1. The van der Waals surface area contributed by atoms with E-state index in [1.165, 1.54) is 0 Å². The van der Waals surface area contributed by atoms with Gasteiger partial charge in [0.05, 0.1) is 42.0 Å². The second-order valence-corrected chi connectivity index (χ2v) is 7.64. The normalized spacial score (nSPS) is 12.1. The summed E-state index contributed by atoms with van der Waals surface area (Å²) in [6, 6.07) is 0. The van der Waals surface area contributed by atoms with Crippen LogP contribution in [0, 0.1) is 24.7 Å². The highest BCUT2D eigenvalue weighted by atomic mass is 16.5. The number of carbonyl (C=O) groups is 1. The van der Waals surface area contributed by atoms with Crippen molar-refractivity contribution in [2.24, 2.45) is 10.9 Å². The third-order valence-electron chi connectivity index (χ3n) is 4.09. The summed E-state index contributed by atoms with van der Waals surface area (Å²) in [5.74, 6) is 6.03. The molecule has 0 radical (unpaired) electrons. The number of anilines is 1. The van der Waals surface area contributed by atoms with E-state index in [0.29, 0.717) is 29.1 Å². The van der Waals surface area contributed by atoms with Crippen LogP contribution in [0.2, 0.25) is 0 Å². The van der Waals surface area contributed by atoms with Gasteiger partial charge in [0.25, 0.3) is 0 Å². The number of hydrogen-bond donors (Lipinski definition) is 2. The van der Waals surface area contributed by atoms with Gasteiger partial charge in [-0.2, -0.15) is 4.98 Å². The number of esters is 1. The molecule has 2 rings (SSSR count). The van der Waals surface area contributed by atoms with Gasteiger partial charge in [-0.25, -0.2) is 4.98 Å². The molecule has 0 aliphatic heterocycles. The number of likely N-dealkylation sites (N-methyl/N-ethyl adjacent to an activating group) is 1. The van der Waals surface area contributed by atoms with E-state index in [0.717, 1.165) is 5.39 Å². The van der Waals surface area contributed by atoms with E-state index in [-0.39, 0.29) is 37.6 Å². The fourth-order valence-electron chi connectivity index (χ4n) is 2.83. The molecule has 0 unspecified atom stereocenters. The van der Waals surface area contributed by atoms with Crippen molar-refractivity contribution in [1.29, 1.82) is 0 Å². The molecule has 0 saturated carbocycles. The Morgan fingerprint density at radius 2 is 2.16 bits per heavy atom. The highest BCUT2D eigenvalue weighted by Gasteiger charge is 2.14. The number of fused-ring (bicyclic) bond motifs is 1. The number of aliphatic imine (C=N–C) groups is 1. The maximum absolute atomic E-state index is 11.7. The highest BCUT2D eigenvalue weighted by molar-refractivity contribution is 5.86. The first kappa shape index (κ1) is 24.1. The van der Waals surface area contributed by atoms with Crippen molar-refractivity contribution in [2.75, 3.05) is 39.6 Å². The van der Waals surface area contributed by atoms with E-state index in [1.54, 1.807) is 25.1 Å². The van der Waals surface area contributed by atoms with Crippen molar-refractivity contribution < 1.29 is 14.6 Å². The van der Waals surface area contributed by atoms with Crippen LogP contribution in [0.4, 0.5) is 5.95 Å². The monoisotopic (exact) mass is 426 g/mol. The third-order valence-corrected chi connectivity index (χ3v) is 4.09. The summed E-state index contributed by atoms with van der Waals surface area (Å²) in [6.45, 7) is 6.35. The molecule has 0 amide bonds. The largest absolute Gasteiger partial charge is 0.452 e. The van der Waals surface area contributed by atoms with Crippen molar-refractivity contribution in [3.8, 4) is 11.8 Å². The molecule has 0 atom stereocenters. The van der Waals surface area contributed by atoms with Gasteiger partial charge in [0.15, 0.2) is 6.61 Å². The second kappa shape index (κ2) is 11.2. The number of rotatable bonds is 8. The Hall–Kier alpha value is -3.22. The minimum absolute atomic E-state index is 0.0113. The first-order chi connectivity index (χ1) is 14.7. The number of nitrogen functional groups attached to an aromatic ring is 1. The molecule has 9 nitrogen and oxygen atoms in total. The van der Waals surface area contributed by atoms with Crippen molar-refractivity contribution in [3.05, 3.63) is 29.2 Å². The zero-order valence-corrected chi connectivity index (χ0v) is 18.7. The minimum Gasteiger partial charge on any atom is -0.452 e. The zero-order chi connectivity index (χ0) is 23.0. The molecule has 0 spiro atoms. The van der Waals surface area contributed by atoms with E-state index in [2.05, 4.69) is 26.8 Å². The van der Waals surface area contributed by atoms with Crippen LogP contribution in [0.15, 0.2) is 23.0 Å². The summed E-state index contributed by atoms with van der Waals surface area (Å²) in [5, 5.41) is 10.1. The molecule has 2 heterocycles. The Kier molecular flexibility index (Phi) is 8.73. The van der Waals surface area contributed by atoms with Gasteiger partial charge in [-0.05, 0) is 33.0 Å². The van der Waals surface area contributed by atoms with Crippen LogP contribution in [0.1, 0.15) is 25.1 Å². The molecule has 0 aromatic carbocycles. The lowest BCUT2D eigenvalue weighted by molar-refractivity contribution is -0.142. The predicted molar refractivity (Wildman–Crippen MR) is 122 cm³/mol. The molecule has 166 valence electrons. The van der Waals surface area contributed by atoms with Crippen LogP contribution < -0.4 is 5.73 Å². The standard InChI is InChI=1S/C22H30N6O3/c1-15(2)11-24-18(8-9-29)13-28-12-17(7-6-10-31-19(30)14-27(4)5)20-16(3)25-22(23)26-21(20)28/h8,11-12,15,29H,9-10,13-14H2,1-5H3,(H2,23,25,26)/b18-8-,24-11?. The van der Waals surface area contributed by atoms with Gasteiger partial charge in [0.2, 0.25) is 5.95 Å². The van der Waals surface area contributed by atoms with Crippen molar-refractivity contribution in [1.82, 2.24) is 19.4 Å². The summed E-state index contributed by atoms with van der Waals surface area (Å²) < 4.78 is 7.00. The van der Waals surface area contributed by atoms with Gasteiger partial charge in [0.1, 0.15) is 5.65 Å². The number of aryl methyl sites for hydroxylation is 1. The Morgan fingerprint density at radius 3 is 2.81 bits per heavy atom. The van der Waals surface area contributed by atoms with Crippen LogP contribution in [-0.2, 0) is 16.1 Å². The molecule has 3 N–H and O–H groups in total. The van der Waals surface area contributed by atoms with Crippen LogP contribution in [0.5, 0.6) is 0 Å². The lowest BCUT2D eigenvalue weighted by atomic mass is 10.2. The molecular formula is C22H30N6O3. The van der Waals surface area contributed by atoms with E-state index in [1.807, 2.05) is 37.7 Å². The molecule has 0 bridgehead atoms. The van der Waals surface area contributed by atoms with Gasteiger partial charge < -0.3 is 20.1 Å². The Labute approximate surface area is 182 Å². The maximum atomic E-state index is 11.7. The summed E-state index contributed by atoms with van der Waals surface area (Å²) in [5.41, 5.74) is 8.59. The molecule has 9 heteroatoms. The van der Waals surface area contributed by atoms with E-state index in [9.17, 15) is 9.90 Å². The molecule has 0 fully saturated rings. The molecule has 0 saturated heterocycles. The summed E-state index contributed by atoms with van der Waals surface area (Å²) in [4.78, 5) is 26.5. The van der Waals surface area contributed by atoms with Crippen LogP contribution in [-0.4, -0.2) is 70.6 Å². The number of aliphatic hydroxyl groups is 1. The second-order valence-electron chi connectivity index (χ2n) is 7.64. The van der Waals surface area contributed by atoms with Crippen LogP contribution >= 0.6 is 0 Å². The first-order valence-electron chi connectivity index (χ1n) is 9.97. The smallest absolute Gasteiger partial charge is 0.321 e. The van der Waals surface area contributed by atoms with Gasteiger partial charge in [0, 0.05) is 12.4 Å².